The number of rotatable bonds is 9. The summed E-state index contributed by atoms with van der Waals surface area (Å²) in [4.78, 5) is 25.4. The van der Waals surface area contributed by atoms with Crippen LogP contribution in [0.3, 0.4) is 0 Å². The van der Waals surface area contributed by atoms with Crippen LogP contribution in [0.25, 0.3) is 0 Å². The number of aliphatic hydroxyl groups is 1. The first-order chi connectivity index (χ1) is 14.5. The van der Waals surface area contributed by atoms with Gasteiger partial charge < -0.3 is 19.5 Å². The fourth-order valence-electron chi connectivity index (χ4n) is 3.21. The summed E-state index contributed by atoms with van der Waals surface area (Å²) in [5, 5.41) is 10.3. The molecule has 6 heteroatoms. The predicted octanol–water partition coefficient (Wildman–Crippen LogP) is 2.50. The average molecular weight is 414 g/mol. The summed E-state index contributed by atoms with van der Waals surface area (Å²) < 4.78 is 10.1. The molecule has 1 aliphatic rings. The molecule has 30 heavy (non-hydrogen) atoms. The Balaban J connectivity index is 1.81. The number of esters is 1. The molecule has 1 heterocycles. The van der Waals surface area contributed by atoms with Crippen LogP contribution in [0.1, 0.15) is 38.7 Å². The van der Waals surface area contributed by atoms with Crippen molar-refractivity contribution in [2.24, 2.45) is 0 Å². The third kappa shape index (κ3) is 8.81. The Hall–Kier alpha value is -2.62. The van der Waals surface area contributed by atoms with Crippen molar-refractivity contribution in [3.63, 3.8) is 0 Å². The highest BCUT2D eigenvalue weighted by atomic mass is 16.6. The van der Waals surface area contributed by atoms with Crippen LogP contribution in [0, 0.1) is 11.8 Å². The van der Waals surface area contributed by atoms with E-state index in [9.17, 15) is 14.7 Å². The van der Waals surface area contributed by atoms with Crippen LogP contribution >= 0.6 is 0 Å². The van der Waals surface area contributed by atoms with Gasteiger partial charge in [-0.25, -0.2) is 4.79 Å². The van der Waals surface area contributed by atoms with E-state index in [1.54, 1.807) is 24.8 Å². The fraction of sp³-hybridized carbons (Fsp3) is 0.500. The maximum absolute atomic E-state index is 12.3. The van der Waals surface area contributed by atoms with Crippen LogP contribution in [0.15, 0.2) is 42.5 Å². The third-order valence-corrected chi connectivity index (χ3v) is 4.59. The van der Waals surface area contributed by atoms with E-state index in [0.29, 0.717) is 19.4 Å². The molecule has 0 spiro atoms. The van der Waals surface area contributed by atoms with Crippen molar-refractivity contribution in [1.82, 2.24) is 4.90 Å². The van der Waals surface area contributed by atoms with Gasteiger partial charge in [-0.3, -0.25) is 4.79 Å². The lowest BCUT2D eigenvalue weighted by molar-refractivity contribution is -0.152. The normalized spacial score (nSPS) is 17.7. The van der Waals surface area contributed by atoms with Crippen molar-refractivity contribution in [3.8, 4) is 11.8 Å². The van der Waals surface area contributed by atoms with E-state index in [2.05, 4.69) is 11.8 Å². The van der Waals surface area contributed by atoms with Crippen molar-refractivity contribution >= 4 is 11.9 Å². The molecular weight excluding hydrogens is 382 g/mol. The van der Waals surface area contributed by atoms with Crippen LogP contribution in [-0.2, 0) is 25.5 Å². The third-order valence-electron chi connectivity index (χ3n) is 4.59. The van der Waals surface area contributed by atoms with Gasteiger partial charge in [0.25, 0.3) is 0 Å². The number of amides is 1. The lowest BCUT2D eigenvalue weighted by Crippen LogP contribution is -2.42. The molecule has 1 fully saturated rings. The van der Waals surface area contributed by atoms with E-state index in [4.69, 9.17) is 9.47 Å². The minimum atomic E-state index is -0.601. The molecule has 0 radical (unpaired) electrons. The van der Waals surface area contributed by atoms with E-state index >= 15 is 0 Å². The Morgan fingerprint density at radius 2 is 2.07 bits per heavy atom. The highest BCUT2D eigenvalue weighted by Crippen LogP contribution is 2.19. The van der Waals surface area contributed by atoms with Crippen molar-refractivity contribution in [2.45, 2.75) is 57.8 Å². The lowest BCUT2D eigenvalue weighted by atomic mass is 9.99. The molecule has 0 saturated carbocycles. The van der Waals surface area contributed by atoms with Gasteiger partial charge in [0.1, 0.15) is 13.2 Å². The van der Waals surface area contributed by atoms with Crippen LogP contribution in [-0.4, -0.2) is 59.9 Å². The van der Waals surface area contributed by atoms with E-state index in [-0.39, 0.29) is 31.3 Å². The number of likely N-dealkylation sites (tertiary alicyclic amines) is 1. The molecule has 0 bridgehead atoms. The summed E-state index contributed by atoms with van der Waals surface area (Å²) in [6, 6.07) is 9.72. The molecule has 1 aliphatic heterocycles. The molecule has 2 rings (SSSR count). The Bertz CT molecular complexity index is 763. The second-order valence-corrected chi connectivity index (χ2v) is 7.51. The summed E-state index contributed by atoms with van der Waals surface area (Å²) in [6.45, 7) is 3.81. The van der Waals surface area contributed by atoms with E-state index in [1.165, 1.54) is 0 Å². The highest BCUT2D eigenvalue weighted by Gasteiger charge is 2.25. The Labute approximate surface area is 178 Å². The second kappa shape index (κ2) is 12.8. The Kier molecular flexibility index (Phi) is 10.1. The number of piperidine rings is 1. The number of hydrogen-bond acceptors (Lipinski definition) is 5. The van der Waals surface area contributed by atoms with E-state index in [0.717, 1.165) is 18.4 Å². The minimum Gasteiger partial charge on any atom is -0.461 e. The second-order valence-electron chi connectivity index (χ2n) is 7.51. The van der Waals surface area contributed by atoms with Crippen LogP contribution in [0.4, 0.5) is 0 Å². The maximum Gasteiger partial charge on any atom is 0.332 e. The summed E-state index contributed by atoms with van der Waals surface area (Å²) in [6.07, 6.45) is 5.62. The van der Waals surface area contributed by atoms with Gasteiger partial charge in [0.2, 0.25) is 5.91 Å². The molecule has 2 unspecified atom stereocenters. The number of hydrogen-bond donors (Lipinski definition) is 1. The molecule has 1 N–H and O–H groups in total. The molecular formula is C24H31NO5. The smallest absolute Gasteiger partial charge is 0.332 e. The number of ether oxygens (including phenoxy) is 2. The largest absolute Gasteiger partial charge is 0.461 e. The van der Waals surface area contributed by atoms with Gasteiger partial charge in [0, 0.05) is 12.8 Å². The summed E-state index contributed by atoms with van der Waals surface area (Å²) >= 11 is 0. The van der Waals surface area contributed by atoms with E-state index < -0.39 is 12.1 Å². The zero-order valence-electron chi connectivity index (χ0n) is 17.8. The monoisotopic (exact) mass is 413 g/mol. The van der Waals surface area contributed by atoms with Gasteiger partial charge in [0.05, 0.1) is 24.8 Å². The van der Waals surface area contributed by atoms with Gasteiger partial charge in [0.15, 0.2) is 0 Å². The molecule has 1 amide bonds. The zero-order valence-corrected chi connectivity index (χ0v) is 17.8. The maximum atomic E-state index is 12.3. The first kappa shape index (κ1) is 23.7. The fourth-order valence-corrected chi connectivity index (χ4v) is 3.21. The SMILES string of the molecule is CC(C)OC(=O)COCC#CCN1C(=O)CCCC1C=CC(O)Cc1ccccc1. The lowest BCUT2D eigenvalue weighted by Gasteiger charge is -2.32. The summed E-state index contributed by atoms with van der Waals surface area (Å²) in [5.74, 6) is 5.41. The first-order valence-electron chi connectivity index (χ1n) is 10.4. The van der Waals surface area contributed by atoms with Gasteiger partial charge in [-0.15, -0.1) is 0 Å². The molecule has 0 aromatic heterocycles. The molecule has 1 aromatic carbocycles. The van der Waals surface area contributed by atoms with Crippen LogP contribution in [0.2, 0.25) is 0 Å². The molecule has 0 aliphatic carbocycles. The molecule has 1 saturated heterocycles. The standard InChI is InChI=1S/C24H31NO5/c1-19(2)30-24(28)18-29-16-7-6-15-25-21(11-8-12-23(25)27)13-14-22(26)17-20-9-4-3-5-10-20/h3-5,9-10,13-14,19,21-22,26H,8,11-12,15-18H2,1-2H3. The van der Waals surface area contributed by atoms with Crippen molar-refractivity contribution in [3.05, 3.63) is 48.0 Å². The number of carbonyl (C=O) groups is 2. The van der Waals surface area contributed by atoms with Gasteiger partial charge in [-0.05, 0) is 32.3 Å². The van der Waals surface area contributed by atoms with Crippen LogP contribution in [0.5, 0.6) is 0 Å². The average Bonchev–Trinajstić information content (AvgIpc) is 2.70. The van der Waals surface area contributed by atoms with Gasteiger partial charge in [-0.1, -0.05) is 54.3 Å². The molecule has 2 atom stereocenters. The van der Waals surface area contributed by atoms with Crippen molar-refractivity contribution in [1.29, 1.82) is 0 Å². The topological polar surface area (TPSA) is 76.1 Å². The summed E-state index contributed by atoms with van der Waals surface area (Å²) in [5.41, 5.74) is 1.06. The van der Waals surface area contributed by atoms with Gasteiger partial charge >= 0.3 is 5.97 Å². The summed E-state index contributed by atoms with van der Waals surface area (Å²) in [7, 11) is 0. The van der Waals surface area contributed by atoms with Crippen molar-refractivity contribution < 1.29 is 24.2 Å². The molecule has 6 nitrogen and oxygen atoms in total. The minimum absolute atomic E-state index is 0.0594. The zero-order chi connectivity index (χ0) is 21.8. The molecule has 1 aromatic rings. The van der Waals surface area contributed by atoms with Gasteiger partial charge in [-0.2, -0.15) is 0 Å². The Morgan fingerprint density at radius 1 is 1.30 bits per heavy atom. The van der Waals surface area contributed by atoms with E-state index in [1.807, 2.05) is 36.4 Å². The number of carbonyl (C=O) groups excluding carboxylic acids is 2. The number of nitrogens with zero attached hydrogens (tertiary/aromatic N) is 1. The quantitative estimate of drug-likeness (QED) is 0.291. The Morgan fingerprint density at radius 3 is 2.80 bits per heavy atom. The first-order valence-corrected chi connectivity index (χ1v) is 10.4. The number of benzene rings is 1. The van der Waals surface area contributed by atoms with Crippen molar-refractivity contribution in [2.75, 3.05) is 19.8 Å². The van der Waals surface area contributed by atoms with Crippen LogP contribution < -0.4 is 0 Å². The highest BCUT2D eigenvalue weighted by molar-refractivity contribution is 5.78. The predicted molar refractivity (Wildman–Crippen MR) is 114 cm³/mol. The molecule has 162 valence electrons. The number of aliphatic hydroxyl groups excluding tert-OH is 1.